The fourth-order valence-electron chi connectivity index (χ4n) is 4.51. The molecule has 1 aliphatic rings. The van der Waals surface area contributed by atoms with Gasteiger partial charge in [0.2, 0.25) is 0 Å². The van der Waals surface area contributed by atoms with Crippen LogP contribution in [0.25, 0.3) is 0 Å². The topological polar surface area (TPSA) is 41.9 Å². The summed E-state index contributed by atoms with van der Waals surface area (Å²) in [5, 5.41) is 13.3. The third kappa shape index (κ3) is 4.84. The van der Waals surface area contributed by atoms with Gasteiger partial charge in [-0.2, -0.15) is 0 Å². The molecule has 4 nitrogen and oxygen atoms in total. The number of morpholine rings is 1. The number of rotatable bonds is 7. The highest BCUT2D eigenvalue weighted by molar-refractivity contribution is 6.30. The Kier molecular flexibility index (Phi) is 7.17. The van der Waals surface area contributed by atoms with E-state index in [1.54, 1.807) is 7.11 Å². The minimum Gasteiger partial charge on any atom is -0.497 e. The zero-order valence-electron chi connectivity index (χ0n) is 18.6. The van der Waals surface area contributed by atoms with Crippen LogP contribution in [0.2, 0.25) is 5.02 Å². The van der Waals surface area contributed by atoms with E-state index in [0.29, 0.717) is 24.8 Å². The molecule has 1 N–H and O–H groups in total. The molecule has 0 spiro atoms. The molecule has 0 radical (unpaired) electrons. The van der Waals surface area contributed by atoms with E-state index in [1.807, 2.05) is 60.7 Å². The number of nitrogens with zero attached hydrogens (tertiary/aromatic N) is 1. The Morgan fingerprint density at radius 3 is 2.31 bits per heavy atom. The quantitative estimate of drug-likeness (QED) is 0.548. The van der Waals surface area contributed by atoms with Crippen molar-refractivity contribution < 1.29 is 14.6 Å². The molecule has 0 aromatic heterocycles. The lowest BCUT2D eigenvalue weighted by molar-refractivity contribution is 0.000733. The van der Waals surface area contributed by atoms with Crippen LogP contribution < -0.4 is 4.74 Å². The van der Waals surface area contributed by atoms with Gasteiger partial charge < -0.3 is 14.6 Å². The van der Waals surface area contributed by atoms with E-state index in [9.17, 15) is 5.11 Å². The molecule has 1 saturated heterocycles. The second-order valence-corrected chi connectivity index (χ2v) is 8.82. The van der Waals surface area contributed by atoms with Crippen molar-refractivity contribution in [2.45, 2.75) is 18.4 Å². The van der Waals surface area contributed by atoms with Crippen LogP contribution >= 0.6 is 11.6 Å². The van der Waals surface area contributed by atoms with Gasteiger partial charge in [0.05, 0.1) is 20.3 Å². The minimum absolute atomic E-state index is 0.215. The highest BCUT2D eigenvalue weighted by Crippen LogP contribution is 2.44. The van der Waals surface area contributed by atoms with Crippen LogP contribution in [-0.4, -0.2) is 50.0 Å². The second kappa shape index (κ2) is 10.1. The van der Waals surface area contributed by atoms with Gasteiger partial charge in [0.1, 0.15) is 11.4 Å². The summed E-state index contributed by atoms with van der Waals surface area (Å²) in [5.74, 6) is 0.546. The van der Waals surface area contributed by atoms with Gasteiger partial charge in [0.15, 0.2) is 0 Å². The second-order valence-electron chi connectivity index (χ2n) is 8.38. The van der Waals surface area contributed by atoms with Gasteiger partial charge in [-0.15, -0.1) is 0 Å². The first kappa shape index (κ1) is 22.8. The molecular weight excluding hydrogens is 422 g/mol. The van der Waals surface area contributed by atoms with Crippen LogP contribution in [0.15, 0.2) is 72.8 Å². The summed E-state index contributed by atoms with van der Waals surface area (Å²) in [7, 11) is 1.65. The summed E-state index contributed by atoms with van der Waals surface area (Å²) < 4.78 is 10.9. The van der Waals surface area contributed by atoms with Crippen LogP contribution in [0.5, 0.6) is 5.75 Å². The molecule has 5 heteroatoms. The SMILES string of the molecule is COc1ccc(C(O)(c2cccc(C)c2)C(CN2CCOCC2)c2ccc(Cl)cc2)cc1. The Morgan fingerprint density at radius 2 is 1.69 bits per heavy atom. The van der Waals surface area contributed by atoms with E-state index in [0.717, 1.165) is 41.1 Å². The molecular formula is C27H30ClNO3. The molecule has 0 saturated carbocycles. The monoisotopic (exact) mass is 451 g/mol. The molecule has 2 unspecified atom stereocenters. The van der Waals surface area contributed by atoms with Gasteiger partial charge in [0.25, 0.3) is 0 Å². The molecule has 32 heavy (non-hydrogen) atoms. The molecule has 3 aromatic carbocycles. The maximum atomic E-state index is 12.6. The first-order chi connectivity index (χ1) is 15.5. The first-order valence-corrected chi connectivity index (χ1v) is 11.4. The molecule has 1 heterocycles. The maximum absolute atomic E-state index is 12.6. The van der Waals surface area contributed by atoms with Crippen molar-refractivity contribution in [2.75, 3.05) is 40.0 Å². The summed E-state index contributed by atoms with van der Waals surface area (Å²) in [6.45, 7) is 5.85. The van der Waals surface area contributed by atoms with Gasteiger partial charge in [0, 0.05) is 30.6 Å². The standard InChI is InChI=1S/C27H30ClNO3/c1-20-4-3-5-23(18-20)27(30,22-8-12-25(31-2)13-9-22)26(19-29-14-16-32-17-15-29)21-6-10-24(28)11-7-21/h3-13,18,26,30H,14-17,19H2,1-2H3. The first-order valence-electron chi connectivity index (χ1n) is 11.0. The maximum Gasteiger partial charge on any atom is 0.123 e. The van der Waals surface area contributed by atoms with Gasteiger partial charge in [-0.3, -0.25) is 4.90 Å². The molecule has 3 aromatic rings. The van der Waals surface area contributed by atoms with Crippen LogP contribution in [0.4, 0.5) is 0 Å². The Balaban J connectivity index is 1.87. The van der Waals surface area contributed by atoms with Gasteiger partial charge >= 0.3 is 0 Å². The zero-order valence-corrected chi connectivity index (χ0v) is 19.4. The molecule has 168 valence electrons. The van der Waals surface area contributed by atoms with Crippen LogP contribution in [0, 0.1) is 6.92 Å². The van der Waals surface area contributed by atoms with E-state index >= 15 is 0 Å². The lowest BCUT2D eigenvalue weighted by atomic mass is 9.72. The van der Waals surface area contributed by atoms with Crippen molar-refractivity contribution in [3.8, 4) is 5.75 Å². The number of aliphatic hydroxyl groups is 1. The van der Waals surface area contributed by atoms with E-state index < -0.39 is 5.60 Å². The van der Waals surface area contributed by atoms with E-state index in [1.165, 1.54) is 0 Å². The predicted octanol–water partition coefficient (Wildman–Crippen LogP) is 5.01. The van der Waals surface area contributed by atoms with E-state index in [-0.39, 0.29) is 5.92 Å². The molecule has 0 amide bonds. The Bertz CT molecular complexity index is 1020. The summed E-state index contributed by atoms with van der Waals surface area (Å²) in [4.78, 5) is 2.37. The predicted molar refractivity (Wildman–Crippen MR) is 129 cm³/mol. The average Bonchev–Trinajstić information content (AvgIpc) is 2.83. The normalized spacial score (nSPS) is 17.5. The van der Waals surface area contributed by atoms with Gasteiger partial charge in [-0.25, -0.2) is 0 Å². The van der Waals surface area contributed by atoms with Crippen LogP contribution in [0.3, 0.4) is 0 Å². The molecule has 0 bridgehead atoms. The zero-order chi connectivity index (χ0) is 22.6. The number of hydrogen-bond acceptors (Lipinski definition) is 4. The summed E-state index contributed by atoms with van der Waals surface area (Å²) in [5.41, 5.74) is 2.61. The fourth-order valence-corrected chi connectivity index (χ4v) is 4.64. The van der Waals surface area contributed by atoms with Crippen molar-refractivity contribution in [3.05, 3.63) is 100 Å². The third-order valence-electron chi connectivity index (χ3n) is 6.31. The van der Waals surface area contributed by atoms with E-state index in [2.05, 4.69) is 24.0 Å². The number of ether oxygens (including phenoxy) is 2. The molecule has 1 aliphatic heterocycles. The number of aryl methyl sites for hydroxylation is 1. The largest absolute Gasteiger partial charge is 0.497 e. The average molecular weight is 452 g/mol. The van der Waals surface area contributed by atoms with Gasteiger partial charge in [-0.05, 0) is 47.9 Å². The van der Waals surface area contributed by atoms with Crippen LogP contribution in [-0.2, 0) is 10.3 Å². The summed E-state index contributed by atoms with van der Waals surface area (Å²) in [6.07, 6.45) is 0. The molecule has 2 atom stereocenters. The van der Waals surface area contributed by atoms with Crippen molar-refractivity contribution >= 4 is 11.6 Å². The molecule has 4 rings (SSSR count). The number of methoxy groups -OCH3 is 1. The van der Waals surface area contributed by atoms with Crippen LogP contribution in [0.1, 0.15) is 28.2 Å². The number of halogens is 1. The fraction of sp³-hybridized carbons (Fsp3) is 0.333. The van der Waals surface area contributed by atoms with Crippen molar-refractivity contribution in [2.24, 2.45) is 0 Å². The lowest BCUT2D eigenvalue weighted by Gasteiger charge is -2.41. The Labute approximate surface area is 195 Å². The van der Waals surface area contributed by atoms with Gasteiger partial charge in [-0.1, -0.05) is 65.7 Å². The van der Waals surface area contributed by atoms with E-state index in [4.69, 9.17) is 21.1 Å². The smallest absolute Gasteiger partial charge is 0.123 e. The third-order valence-corrected chi connectivity index (χ3v) is 6.56. The van der Waals surface area contributed by atoms with Crippen molar-refractivity contribution in [1.82, 2.24) is 4.90 Å². The molecule has 1 fully saturated rings. The summed E-state index contributed by atoms with van der Waals surface area (Å²) >= 11 is 6.21. The minimum atomic E-state index is -1.25. The Hall–Kier alpha value is -2.37. The van der Waals surface area contributed by atoms with Crippen molar-refractivity contribution in [1.29, 1.82) is 0 Å². The summed E-state index contributed by atoms with van der Waals surface area (Å²) in [6, 6.07) is 23.7. The Morgan fingerprint density at radius 1 is 1.00 bits per heavy atom. The number of benzene rings is 3. The van der Waals surface area contributed by atoms with Crippen molar-refractivity contribution in [3.63, 3.8) is 0 Å². The highest BCUT2D eigenvalue weighted by Gasteiger charge is 2.42. The highest BCUT2D eigenvalue weighted by atomic mass is 35.5. The number of hydrogen-bond donors (Lipinski definition) is 1. The lowest BCUT2D eigenvalue weighted by Crippen LogP contribution is -2.45. The molecule has 0 aliphatic carbocycles.